The summed E-state index contributed by atoms with van der Waals surface area (Å²) in [6, 6.07) is 11.2. The van der Waals surface area contributed by atoms with Gasteiger partial charge in [0.1, 0.15) is 10.6 Å². The first-order chi connectivity index (χ1) is 12.1. The second-order valence-corrected chi connectivity index (χ2v) is 6.59. The quantitative estimate of drug-likeness (QED) is 0.546. The van der Waals surface area contributed by atoms with Crippen LogP contribution >= 0.6 is 11.3 Å². The number of nitrogens with one attached hydrogen (secondary N) is 1. The summed E-state index contributed by atoms with van der Waals surface area (Å²) in [6.07, 6.45) is 2.90. The molecule has 5 nitrogen and oxygen atoms in total. The minimum absolute atomic E-state index is 0.181. The summed E-state index contributed by atoms with van der Waals surface area (Å²) in [6.45, 7) is 3.40. The third-order valence-electron chi connectivity index (χ3n) is 3.61. The Morgan fingerprint density at radius 1 is 1.08 bits per heavy atom. The minimum Gasteiger partial charge on any atom is -0.494 e. The first-order valence-corrected chi connectivity index (χ1v) is 9.13. The van der Waals surface area contributed by atoms with Crippen molar-refractivity contribution in [2.75, 3.05) is 20.3 Å². The number of carbonyl (C=O) groups is 2. The van der Waals surface area contributed by atoms with Gasteiger partial charge in [0, 0.05) is 6.54 Å². The lowest BCUT2D eigenvalue weighted by atomic mass is 10.1. The Balaban J connectivity index is 1.77. The highest BCUT2D eigenvalue weighted by atomic mass is 32.1. The predicted octanol–water partition coefficient (Wildman–Crippen LogP) is 3.69. The third kappa shape index (κ3) is 5.90. The highest BCUT2D eigenvalue weighted by Crippen LogP contribution is 2.17. The summed E-state index contributed by atoms with van der Waals surface area (Å²) in [5, 5.41) is 2.86. The molecule has 1 heterocycles. The fourth-order valence-corrected chi connectivity index (χ4v) is 3.01. The number of benzene rings is 1. The van der Waals surface area contributed by atoms with Crippen LogP contribution in [0.15, 0.2) is 36.4 Å². The molecule has 0 radical (unpaired) electrons. The van der Waals surface area contributed by atoms with E-state index in [-0.39, 0.29) is 5.91 Å². The molecular formula is C19H23NO4S. The van der Waals surface area contributed by atoms with Crippen LogP contribution in [0.4, 0.5) is 0 Å². The topological polar surface area (TPSA) is 64.6 Å². The Hall–Kier alpha value is -2.34. The van der Waals surface area contributed by atoms with Crippen molar-refractivity contribution in [2.24, 2.45) is 0 Å². The van der Waals surface area contributed by atoms with Crippen molar-refractivity contribution in [3.8, 4) is 5.75 Å². The first-order valence-electron chi connectivity index (χ1n) is 8.32. The molecule has 1 aromatic heterocycles. The lowest BCUT2D eigenvalue weighted by Gasteiger charge is -2.07. The first kappa shape index (κ1) is 19.0. The number of hydrogen-bond acceptors (Lipinski definition) is 5. The molecule has 0 aliphatic heterocycles. The summed E-state index contributed by atoms with van der Waals surface area (Å²) >= 11 is 1.13. The second kappa shape index (κ2) is 9.84. The van der Waals surface area contributed by atoms with Crippen LogP contribution in [0.1, 0.15) is 44.7 Å². The van der Waals surface area contributed by atoms with Gasteiger partial charge >= 0.3 is 5.97 Å². The van der Waals surface area contributed by atoms with E-state index < -0.39 is 5.97 Å². The summed E-state index contributed by atoms with van der Waals surface area (Å²) in [5.74, 6) is 0.264. The van der Waals surface area contributed by atoms with Crippen molar-refractivity contribution in [3.63, 3.8) is 0 Å². The Morgan fingerprint density at radius 2 is 1.80 bits per heavy atom. The number of rotatable bonds is 9. The molecule has 1 amide bonds. The number of hydrogen-bond donors (Lipinski definition) is 1. The van der Waals surface area contributed by atoms with E-state index in [9.17, 15) is 9.59 Å². The fourth-order valence-electron chi connectivity index (χ4n) is 2.16. The number of thiophene rings is 1. The van der Waals surface area contributed by atoms with Gasteiger partial charge in [-0.2, -0.15) is 0 Å². The van der Waals surface area contributed by atoms with Crippen molar-refractivity contribution in [2.45, 2.75) is 26.2 Å². The van der Waals surface area contributed by atoms with Crippen LogP contribution in [0.3, 0.4) is 0 Å². The Labute approximate surface area is 152 Å². The lowest BCUT2D eigenvalue weighted by molar-refractivity contribution is 0.0606. The molecule has 2 rings (SSSR count). The highest BCUT2D eigenvalue weighted by molar-refractivity contribution is 7.15. The van der Waals surface area contributed by atoms with Gasteiger partial charge in [0.25, 0.3) is 5.91 Å². The van der Waals surface area contributed by atoms with Crippen molar-refractivity contribution in [1.29, 1.82) is 0 Å². The van der Waals surface area contributed by atoms with E-state index in [2.05, 4.69) is 17.0 Å². The molecule has 0 atom stereocenters. The van der Waals surface area contributed by atoms with E-state index in [1.165, 1.54) is 7.11 Å². The zero-order chi connectivity index (χ0) is 18.1. The maximum atomic E-state index is 12.1. The lowest BCUT2D eigenvalue weighted by Crippen LogP contribution is -2.24. The highest BCUT2D eigenvalue weighted by Gasteiger charge is 2.13. The van der Waals surface area contributed by atoms with Gasteiger partial charge in [0.2, 0.25) is 0 Å². The monoisotopic (exact) mass is 361 g/mol. The molecule has 134 valence electrons. The molecule has 0 aliphatic carbocycles. The van der Waals surface area contributed by atoms with Gasteiger partial charge in [0.05, 0.1) is 18.6 Å². The third-order valence-corrected chi connectivity index (χ3v) is 4.67. The van der Waals surface area contributed by atoms with Crippen molar-refractivity contribution >= 4 is 23.2 Å². The van der Waals surface area contributed by atoms with E-state index in [1.807, 2.05) is 24.3 Å². The predicted molar refractivity (Wildman–Crippen MR) is 98.5 cm³/mol. The number of carbonyl (C=O) groups excluding carboxylic acids is 2. The molecule has 0 saturated heterocycles. The molecule has 1 aromatic carbocycles. The Morgan fingerprint density at radius 3 is 2.48 bits per heavy atom. The molecule has 0 aliphatic rings. The number of methoxy groups -OCH3 is 1. The molecule has 0 bridgehead atoms. The SMILES string of the molecule is CCCCOc1ccc(CCNC(=O)c2ccc(C(=O)OC)s2)cc1. The maximum absolute atomic E-state index is 12.1. The molecule has 1 N–H and O–H groups in total. The molecule has 2 aromatic rings. The number of unbranched alkanes of at least 4 members (excludes halogenated alkanes) is 1. The molecule has 0 fully saturated rings. The molecule has 0 unspecified atom stereocenters. The van der Waals surface area contributed by atoms with Crippen molar-refractivity contribution in [1.82, 2.24) is 5.32 Å². The van der Waals surface area contributed by atoms with Crippen LogP contribution in [-0.4, -0.2) is 32.1 Å². The Bertz CT molecular complexity index is 694. The Kier molecular flexibility index (Phi) is 7.47. The second-order valence-electron chi connectivity index (χ2n) is 5.51. The molecule has 0 spiro atoms. The van der Waals surface area contributed by atoms with Gasteiger partial charge in [-0.05, 0) is 42.7 Å². The zero-order valence-electron chi connectivity index (χ0n) is 14.5. The number of esters is 1. The number of amides is 1. The fraction of sp³-hybridized carbons (Fsp3) is 0.368. The normalized spacial score (nSPS) is 10.3. The van der Waals surface area contributed by atoms with Gasteiger partial charge in [-0.15, -0.1) is 11.3 Å². The van der Waals surface area contributed by atoms with Crippen molar-refractivity contribution < 1.29 is 19.1 Å². The summed E-state index contributed by atoms with van der Waals surface area (Å²) < 4.78 is 10.3. The molecule has 25 heavy (non-hydrogen) atoms. The van der Waals surface area contributed by atoms with Crippen LogP contribution in [0, 0.1) is 0 Å². The standard InChI is InChI=1S/C19H23NO4S/c1-3-4-13-24-15-7-5-14(6-8-15)11-12-20-18(21)16-9-10-17(25-16)19(22)23-2/h5-10H,3-4,11-13H2,1-2H3,(H,20,21). The number of ether oxygens (including phenoxy) is 2. The van der Waals surface area contributed by atoms with E-state index in [1.54, 1.807) is 12.1 Å². The maximum Gasteiger partial charge on any atom is 0.348 e. The van der Waals surface area contributed by atoms with E-state index in [0.29, 0.717) is 16.3 Å². The van der Waals surface area contributed by atoms with E-state index >= 15 is 0 Å². The van der Waals surface area contributed by atoms with Crippen LogP contribution in [0.5, 0.6) is 5.75 Å². The van der Waals surface area contributed by atoms with Gasteiger partial charge in [-0.1, -0.05) is 25.5 Å². The van der Waals surface area contributed by atoms with Gasteiger partial charge in [-0.3, -0.25) is 4.79 Å². The summed E-state index contributed by atoms with van der Waals surface area (Å²) in [4.78, 5) is 24.4. The van der Waals surface area contributed by atoms with Crippen molar-refractivity contribution in [3.05, 3.63) is 51.7 Å². The van der Waals surface area contributed by atoms with Gasteiger partial charge < -0.3 is 14.8 Å². The van der Waals surface area contributed by atoms with Gasteiger partial charge in [0.15, 0.2) is 0 Å². The average Bonchev–Trinajstić information content (AvgIpc) is 3.13. The van der Waals surface area contributed by atoms with Gasteiger partial charge in [-0.25, -0.2) is 4.79 Å². The summed E-state index contributed by atoms with van der Waals surface area (Å²) in [5.41, 5.74) is 1.13. The largest absolute Gasteiger partial charge is 0.494 e. The smallest absolute Gasteiger partial charge is 0.348 e. The molecule has 6 heteroatoms. The zero-order valence-corrected chi connectivity index (χ0v) is 15.4. The van der Waals surface area contributed by atoms with Crippen LogP contribution in [-0.2, 0) is 11.2 Å². The molecular weight excluding hydrogens is 338 g/mol. The minimum atomic E-state index is -0.426. The van der Waals surface area contributed by atoms with Crippen LogP contribution in [0.25, 0.3) is 0 Å². The van der Waals surface area contributed by atoms with E-state index in [0.717, 1.165) is 48.5 Å². The average molecular weight is 361 g/mol. The molecule has 0 saturated carbocycles. The van der Waals surface area contributed by atoms with Crippen LogP contribution in [0.2, 0.25) is 0 Å². The van der Waals surface area contributed by atoms with E-state index in [4.69, 9.17) is 4.74 Å². The summed E-state index contributed by atoms with van der Waals surface area (Å²) in [7, 11) is 1.32. The van der Waals surface area contributed by atoms with Crippen LogP contribution < -0.4 is 10.1 Å².